The van der Waals surface area contributed by atoms with E-state index < -0.39 is 6.10 Å². The van der Waals surface area contributed by atoms with Crippen LogP contribution in [0, 0.1) is 11.8 Å². The van der Waals surface area contributed by atoms with Gasteiger partial charge in [-0.2, -0.15) is 5.06 Å². The van der Waals surface area contributed by atoms with E-state index in [0.717, 1.165) is 6.42 Å². The number of hydrogen-bond acceptors (Lipinski definition) is 4. The Labute approximate surface area is 107 Å². The van der Waals surface area contributed by atoms with Gasteiger partial charge in [0.1, 0.15) is 0 Å². The highest BCUT2D eigenvalue weighted by atomic mass is 16.7. The fourth-order valence-corrected chi connectivity index (χ4v) is 3.17. The minimum Gasteiger partial charge on any atom is -0.396 e. The molecule has 0 radical (unpaired) electrons. The first-order chi connectivity index (χ1) is 8.79. The van der Waals surface area contributed by atoms with Gasteiger partial charge in [0.05, 0.1) is 18.8 Å². The molecule has 4 heteroatoms. The van der Waals surface area contributed by atoms with Gasteiger partial charge in [-0.05, 0) is 12.0 Å². The summed E-state index contributed by atoms with van der Waals surface area (Å²) in [6.45, 7) is 1.41. The summed E-state index contributed by atoms with van der Waals surface area (Å²) in [5.41, 5.74) is 1.18. The molecule has 1 aliphatic carbocycles. The molecule has 0 bridgehead atoms. The molecule has 3 rings (SSSR count). The first-order valence-electron chi connectivity index (χ1n) is 6.52. The summed E-state index contributed by atoms with van der Waals surface area (Å²) in [4.78, 5) is 5.68. The smallest absolute Gasteiger partial charge is 0.0772 e. The standard InChI is InChI=1S/C14H19NO3/c16-8-11-6-12-9-18-15(13(12)14(11)17)7-10-4-2-1-3-5-10/h1-5,11-14,16-17H,6-9H2/t11-,12-,13+,14+/m1/s1. The lowest BCUT2D eigenvalue weighted by molar-refractivity contribution is -0.162. The van der Waals surface area contributed by atoms with Crippen molar-refractivity contribution in [3.05, 3.63) is 35.9 Å². The molecule has 0 aromatic heterocycles. The number of aliphatic hydroxyl groups excluding tert-OH is 2. The second-order valence-corrected chi connectivity index (χ2v) is 5.28. The molecule has 0 amide bonds. The average molecular weight is 249 g/mol. The summed E-state index contributed by atoms with van der Waals surface area (Å²) in [6, 6.07) is 10.1. The fourth-order valence-electron chi connectivity index (χ4n) is 3.17. The number of hydroxylamine groups is 2. The van der Waals surface area contributed by atoms with Crippen LogP contribution >= 0.6 is 0 Å². The molecule has 0 unspecified atom stereocenters. The van der Waals surface area contributed by atoms with Gasteiger partial charge >= 0.3 is 0 Å². The quantitative estimate of drug-likeness (QED) is 0.831. The van der Waals surface area contributed by atoms with Crippen LogP contribution in [0.15, 0.2) is 30.3 Å². The average Bonchev–Trinajstić information content (AvgIpc) is 2.92. The third-order valence-corrected chi connectivity index (χ3v) is 4.12. The van der Waals surface area contributed by atoms with Gasteiger partial charge in [-0.15, -0.1) is 0 Å². The maximum absolute atomic E-state index is 10.2. The van der Waals surface area contributed by atoms with Crippen LogP contribution in [0.4, 0.5) is 0 Å². The van der Waals surface area contributed by atoms with Gasteiger partial charge < -0.3 is 10.2 Å². The normalized spacial score (nSPS) is 35.9. The maximum Gasteiger partial charge on any atom is 0.0772 e. The minimum atomic E-state index is -0.480. The van der Waals surface area contributed by atoms with E-state index in [1.54, 1.807) is 0 Å². The van der Waals surface area contributed by atoms with Crippen LogP contribution in [0.3, 0.4) is 0 Å². The van der Waals surface area contributed by atoms with E-state index in [9.17, 15) is 10.2 Å². The van der Waals surface area contributed by atoms with Gasteiger partial charge in [-0.25, -0.2) is 0 Å². The summed E-state index contributed by atoms with van der Waals surface area (Å²) < 4.78 is 0. The van der Waals surface area contributed by atoms with Crippen LogP contribution in [-0.4, -0.2) is 40.6 Å². The van der Waals surface area contributed by atoms with Gasteiger partial charge in [0.25, 0.3) is 0 Å². The van der Waals surface area contributed by atoms with Crippen molar-refractivity contribution in [1.29, 1.82) is 0 Å². The van der Waals surface area contributed by atoms with Crippen LogP contribution in [0.1, 0.15) is 12.0 Å². The molecule has 4 atom stereocenters. The Morgan fingerprint density at radius 1 is 1.28 bits per heavy atom. The Balaban J connectivity index is 1.71. The van der Waals surface area contributed by atoms with E-state index in [0.29, 0.717) is 19.1 Å². The van der Waals surface area contributed by atoms with Gasteiger partial charge in [0, 0.05) is 25.0 Å². The van der Waals surface area contributed by atoms with Crippen molar-refractivity contribution in [2.45, 2.75) is 25.1 Å². The van der Waals surface area contributed by atoms with Gasteiger partial charge in [-0.3, -0.25) is 4.84 Å². The summed E-state index contributed by atoms with van der Waals surface area (Å²) in [5, 5.41) is 21.4. The zero-order valence-electron chi connectivity index (χ0n) is 10.3. The number of aliphatic hydroxyl groups is 2. The van der Waals surface area contributed by atoms with Crippen molar-refractivity contribution >= 4 is 0 Å². The predicted molar refractivity (Wildman–Crippen MR) is 66.4 cm³/mol. The van der Waals surface area contributed by atoms with E-state index >= 15 is 0 Å². The topological polar surface area (TPSA) is 52.9 Å². The van der Waals surface area contributed by atoms with Crippen molar-refractivity contribution < 1.29 is 15.1 Å². The van der Waals surface area contributed by atoms with Crippen LogP contribution in [0.5, 0.6) is 0 Å². The molecular weight excluding hydrogens is 230 g/mol. The second kappa shape index (κ2) is 4.97. The van der Waals surface area contributed by atoms with Gasteiger partial charge in [-0.1, -0.05) is 30.3 Å². The lowest BCUT2D eigenvalue weighted by Gasteiger charge is -2.26. The highest BCUT2D eigenvalue weighted by Gasteiger charge is 2.49. The largest absolute Gasteiger partial charge is 0.396 e. The molecule has 18 heavy (non-hydrogen) atoms. The van der Waals surface area contributed by atoms with Crippen LogP contribution in [0.2, 0.25) is 0 Å². The molecular formula is C14H19NO3. The SMILES string of the molecule is OC[C@H]1C[C@@H]2CON(Cc3ccccc3)[C@@H]2[C@H]1O. The first kappa shape index (κ1) is 12.1. The molecule has 1 aromatic rings. The van der Waals surface area contributed by atoms with E-state index in [1.165, 1.54) is 5.56 Å². The molecule has 2 N–H and O–H groups in total. The maximum atomic E-state index is 10.2. The fraction of sp³-hybridized carbons (Fsp3) is 0.571. The molecule has 2 fully saturated rings. The third kappa shape index (κ3) is 2.06. The van der Waals surface area contributed by atoms with E-state index in [1.807, 2.05) is 23.3 Å². The number of benzene rings is 1. The molecule has 1 heterocycles. The van der Waals surface area contributed by atoms with Gasteiger partial charge in [0.15, 0.2) is 0 Å². The summed E-state index contributed by atoms with van der Waals surface area (Å²) in [6.07, 6.45) is 0.374. The van der Waals surface area contributed by atoms with Crippen molar-refractivity contribution in [3.8, 4) is 0 Å². The summed E-state index contributed by atoms with van der Waals surface area (Å²) >= 11 is 0. The third-order valence-electron chi connectivity index (χ3n) is 4.12. The highest BCUT2D eigenvalue weighted by molar-refractivity contribution is 5.15. The molecule has 0 spiro atoms. The Bertz CT molecular complexity index is 397. The molecule has 1 saturated carbocycles. The number of hydrogen-bond donors (Lipinski definition) is 2. The van der Waals surface area contributed by atoms with Crippen molar-refractivity contribution in [3.63, 3.8) is 0 Å². The minimum absolute atomic E-state index is 0.00201. The monoisotopic (exact) mass is 249 g/mol. The molecule has 2 aliphatic rings. The predicted octanol–water partition coefficient (Wildman–Crippen LogP) is 0.792. The zero-order valence-corrected chi connectivity index (χ0v) is 10.3. The molecule has 4 nitrogen and oxygen atoms in total. The van der Waals surface area contributed by atoms with Gasteiger partial charge in [0.2, 0.25) is 0 Å². The molecule has 1 aromatic carbocycles. The molecule has 1 saturated heterocycles. The van der Waals surface area contributed by atoms with E-state index in [4.69, 9.17) is 4.84 Å². The lowest BCUT2D eigenvalue weighted by Crippen LogP contribution is -2.39. The Kier molecular flexibility index (Phi) is 3.35. The Morgan fingerprint density at radius 2 is 2.06 bits per heavy atom. The highest BCUT2D eigenvalue weighted by Crippen LogP contribution is 2.40. The van der Waals surface area contributed by atoms with Crippen LogP contribution in [0.25, 0.3) is 0 Å². The zero-order chi connectivity index (χ0) is 12.5. The number of rotatable bonds is 3. The van der Waals surface area contributed by atoms with Crippen molar-refractivity contribution in [1.82, 2.24) is 5.06 Å². The van der Waals surface area contributed by atoms with Crippen LogP contribution in [-0.2, 0) is 11.4 Å². The molecule has 98 valence electrons. The summed E-state index contributed by atoms with van der Waals surface area (Å²) in [7, 11) is 0. The number of nitrogens with zero attached hydrogens (tertiary/aromatic N) is 1. The van der Waals surface area contributed by atoms with E-state index in [-0.39, 0.29) is 18.6 Å². The first-order valence-corrected chi connectivity index (χ1v) is 6.52. The Morgan fingerprint density at radius 3 is 2.78 bits per heavy atom. The lowest BCUT2D eigenvalue weighted by atomic mass is 10.0. The van der Waals surface area contributed by atoms with Crippen molar-refractivity contribution in [2.75, 3.05) is 13.2 Å². The number of fused-ring (bicyclic) bond motifs is 1. The molecule has 1 aliphatic heterocycles. The second-order valence-electron chi connectivity index (χ2n) is 5.28. The van der Waals surface area contributed by atoms with Crippen molar-refractivity contribution in [2.24, 2.45) is 11.8 Å². The Hall–Kier alpha value is -0.940. The van der Waals surface area contributed by atoms with E-state index in [2.05, 4.69) is 12.1 Å². The summed E-state index contributed by atoms with van der Waals surface area (Å²) in [5.74, 6) is 0.350. The van der Waals surface area contributed by atoms with Crippen LogP contribution < -0.4 is 0 Å².